The van der Waals surface area contributed by atoms with Gasteiger partial charge in [-0.3, -0.25) is 9.78 Å². The van der Waals surface area contributed by atoms with Crippen molar-refractivity contribution in [2.24, 2.45) is 5.73 Å². The molecule has 2 aromatic heterocycles. The average Bonchev–Trinajstić information content (AvgIpc) is 3.13. The molecule has 0 spiro atoms. The summed E-state index contributed by atoms with van der Waals surface area (Å²) in [5.74, 6) is 1.18. The van der Waals surface area contributed by atoms with Gasteiger partial charge in [-0.2, -0.15) is 4.98 Å². The first-order valence-corrected chi connectivity index (χ1v) is 11.2. The Morgan fingerprint density at radius 2 is 1.91 bits per heavy atom. The minimum atomic E-state index is -0.153. The third kappa shape index (κ3) is 7.99. The van der Waals surface area contributed by atoms with Gasteiger partial charge in [-0.1, -0.05) is 12.1 Å². The summed E-state index contributed by atoms with van der Waals surface area (Å²) in [6, 6.07) is 11.5. The third-order valence-corrected chi connectivity index (χ3v) is 4.98. The molecule has 1 aromatic carbocycles. The Hall–Kier alpha value is -3.60. The number of nitrogens with two attached hydrogens (primary N) is 1. The highest BCUT2D eigenvalue weighted by atomic mass is 16.4. The average molecular weight is 481 g/mol. The van der Waals surface area contributed by atoms with Gasteiger partial charge in [0, 0.05) is 76.7 Å². The maximum atomic E-state index is 12.1. The van der Waals surface area contributed by atoms with E-state index in [2.05, 4.69) is 35.6 Å². The molecule has 4 rings (SSSR count). The number of pyridine rings is 1. The molecule has 0 saturated carbocycles. The first-order valence-electron chi connectivity index (χ1n) is 11.2. The van der Waals surface area contributed by atoms with E-state index >= 15 is 0 Å². The van der Waals surface area contributed by atoms with Crippen molar-refractivity contribution in [3.8, 4) is 0 Å². The summed E-state index contributed by atoms with van der Waals surface area (Å²) in [4.78, 5) is 26.6. The molecule has 1 aliphatic heterocycles. The lowest BCUT2D eigenvalue weighted by Gasteiger charge is -2.13. The van der Waals surface area contributed by atoms with Crippen LogP contribution in [-0.4, -0.2) is 61.1 Å². The van der Waals surface area contributed by atoms with Crippen LogP contribution in [0.1, 0.15) is 40.1 Å². The molecule has 188 valence electrons. The minimum Gasteiger partial charge on any atom is -0.388 e. The van der Waals surface area contributed by atoms with Crippen LogP contribution in [0.3, 0.4) is 0 Å². The van der Waals surface area contributed by atoms with Crippen molar-refractivity contribution in [3.05, 3.63) is 71.2 Å². The molecule has 0 radical (unpaired) electrons. The van der Waals surface area contributed by atoms with E-state index in [0.717, 1.165) is 34.6 Å². The molecule has 10 nitrogen and oxygen atoms in total. The van der Waals surface area contributed by atoms with Gasteiger partial charge in [-0.25, -0.2) is 4.98 Å². The van der Waals surface area contributed by atoms with Crippen molar-refractivity contribution >= 4 is 23.4 Å². The quantitative estimate of drug-likeness (QED) is 0.421. The number of rotatable bonds is 6. The Bertz CT molecular complexity index is 1080. The predicted octanol–water partition coefficient (Wildman–Crippen LogP) is 2.93. The summed E-state index contributed by atoms with van der Waals surface area (Å²) in [5.41, 5.74) is 10.4. The topological polar surface area (TPSA) is 130 Å². The van der Waals surface area contributed by atoms with Gasteiger partial charge in [0.15, 0.2) is 0 Å². The molecule has 0 aliphatic carbocycles. The van der Waals surface area contributed by atoms with E-state index in [1.807, 2.05) is 50.4 Å². The molecule has 0 unspecified atom stereocenters. The van der Waals surface area contributed by atoms with Crippen molar-refractivity contribution in [1.82, 2.24) is 25.2 Å². The third-order valence-electron chi connectivity index (χ3n) is 4.98. The van der Waals surface area contributed by atoms with Crippen LogP contribution in [-0.2, 0) is 17.8 Å². The number of ether oxygens (including phenoxy) is 1. The van der Waals surface area contributed by atoms with E-state index in [1.54, 1.807) is 45.6 Å². The molecule has 0 saturated heterocycles. The second kappa shape index (κ2) is 14.0. The van der Waals surface area contributed by atoms with Crippen molar-refractivity contribution < 1.29 is 9.53 Å². The molecule has 3 heterocycles. The summed E-state index contributed by atoms with van der Waals surface area (Å²) < 4.78 is 4.25. The van der Waals surface area contributed by atoms with Crippen LogP contribution >= 0.6 is 0 Å². The van der Waals surface area contributed by atoms with Gasteiger partial charge in [0.05, 0.1) is 5.69 Å². The van der Waals surface area contributed by atoms with Gasteiger partial charge in [0.25, 0.3) is 5.91 Å². The van der Waals surface area contributed by atoms with Crippen LogP contribution in [0.4, 0.5) is 17.5 Å². The lowest BCUT2D eigenvalue weighted by Crippen LogP contribution is -2.17. The van der Waals surface area contributed by atoms with Crippen molar-refractivity contribution in [1.29, 1.82) is 0 Å². The van der Waals surface area contributed by atoms with Gasteiger partial charge in [-0.05, 0) is 43.8 Å². The number of hydrogen-bond donors (Lipinski definition) is 4. The first kappa shape index (κ1) is 27.6. The minimum absolute atomic E-state index is 0.0350. The first-order chi connectivity index (χ1) is 16.8. The Balaban J connectivity index is 0.000000299. The number of methoxy groups -OCH3 is 1. The zero-order valence-electron chi connectivity index (χ0n) is 21.3. The zero-order chi connectivity index (χ0) is 25.8. The van der Waals surface area contributed by atoms with Gasteiger partial charge < -0.3 is 31.3 Å². The van der Waals surface area contributed by atoms with Crippen LogP contribution in [0, 0.1) is 0 Å². The molecule has 0 bridgehead atoms. The van der Waals surface area contributed by atoms with Gasteiger partial charge in [0.1, 0.15) is 5.82 Å². The highest BCUT2D eigenvalue weighted by Crippen LogP contribution is 2.26. The standard InChI is InChI=1S/C16H20N6O.C7H10N2.C2H6O/c1-9(17)13-7-19-16(21-14(13)18-2)20-11-5-4-10-8-22(3)15(23)12(10)6-11;1-8-6-7-4-2-3-5-9-7;1-3-2/h4-7,9H,8,17H2,1-3H3,(H2,18,19,20,21);2-5,8H,6H2,1H3;1-2H3/t9-;;/m0../s1. The van der Waals surface area contributed by atoms with Gasteiger partial charge in [-0.15, -0.1) is 0 Å². The molecule has 5 N–H and O–H groups in total. The molecule has 1 atom stereocenters. The maximum Gasteiger partial charge on any atom is 0.254 e. The lowest BCUT2D eigenvalue weighted by atomic mass is 10.1. The van der Waals surface area contributed by atoms with E-state index in [9.17, 15) is 4.79 Å². The van der Waals surface area contributed by atoms with E-state index in [-0.39, 0.29) is 11.9 Å². The molecule has 3 aromatic rings. The highest BCUT2D eigenvalue weighted by molar-refractivity contribution is 5.99. The van der Waals surface area contributed by atoms with Crippen LogP contribution in [0.5, 0.6) is 0 Å². The number of aromatic nitrogens is 3. The Labute approximate surface area is 207 Å². The normalized spacial score (nSPS) is 12.5. The number of nitrogens with zero attached hydrogens (tertiary/aromatic N) is 4. The largest absolute Gasteiger partial charge is 0.388 e. The molecule has 35 heavy (non-hydrogen) atoms. The van der Waals surface area contributed by atoms with Crippen molar-refractivity contribution in [2.75, 3.05) is 46.0 Å². The predicted molar refractivity (Wildman–Crippen MR) is 140 cm³/mol. The van der Waals surface area contributed by atoms with E-state index in [1.165, 1.54) is 0 Å². The zero-order valence-corrected chi connectivity index (χ0v) is 21.3. The fourth-order valence-corrected chi connectivity index (χ4v) is 3.32. The number of nitrogens with one attached hydrogen (secondary N) is 3. The Morgan fingerprint density at radius 3 is 2.51 bits per heavy atom. The highest BCUT2D eigenvalue weighted by Gasteiger charge is 2.24. The fraction of sp³-hybridized carbons (Fsp3) is 0.360. The SMILES string of the molecule is CNCc1ccccn1.CNc1nc(Nc2ccc3c(c2)C(=O)N(C)C3)ncc1[C@H](C)N.COC. The summed E-state index contributed by atoms with van der Waals surface area (Å²) in [5, 5.41) is 9.18. The molecule has 1 amide bonds. The molecule has 0 fully saturated rings. The second-order valence-corrected chi connectivity index (χ2v) is 7.95. The van der Waals surface area contributed by atoms with Gasteiger partial charge in [0.2, 0.25) is 5.95 Å². The van der Waals surface area contributed by atoms with E-state index in [0.29, 0.717) is 18.3 Å². The van der Waals surface area contributed by atoms with Crippen LogP contribution in [0.15, 0.2) is 48.8 Å². The molecular weight excluding hydrogens is 444 g/mol. The number of carbonyl (C=O) groups is 1. The van der Waals surface area contributed by atoms with Crippen LogP contribution < -0.4 is 21.7 Å². The number of fused-ring (bicyclic) bond motifs is 1. The smallest absolute Gasteiger partial charge is 0.254 e. The van der Waals surface area contributed by atoms with Crippen LogP contribution in [0.2, 0.25) is 0 Å². The van der Waals surface area contributed by atoms with Gasteiger partial charge >= 0.3 is 0 Å². The Morgan fingerprint density at radius 1 is 1.17 bits per heavy atom. The van der Waals surface area contributed by atoms with Crippen molar-refractivity contribution in [3.63, 3.8) is 0 Å². The number of amides is 1. The molecular formula is C25H36N8O2. The number of benzene rings is 1. The summed E-state index contributed by atoms with van der Waals surface area (Å²) in [7, 11) is 8.75. The number of anilines is 3. The Kier molecular flexibility index (Phi) is 11.0. The number of hydrogen-bond acceptors (Lipinski definition) is 9. The molecule has 1 aliphatic rings. The maximum absolute atomic E-state index is 12.1. The second-order valence-electron chi connectivity index (χ2n) is 7.95. The monoisotopic (exact) mass is 480 g/mol. The van der Waals surface area contributed by atoms with E-state index in [4.69, 9.17) is 5.73 Å². The lowest BCUT2D eigenvalue weighted by molar-refractivity contribution is 0.0816. The van der Waals surface area contributed by atoms with E-state index < -0.39 is 0 Å². The van der Waals surface area contributed by atoms with Crippen LogP contribution in [0.25, 0.3) is 0 Å². The summed E-state index contributed by atoms with van der Waals surface area (Å²) >= 11 is 0. The summed E-state index contributed by atoms with van der Waals surface area (Å²) in [6.45, 7) is 3.38. The number of carbonyl (C=O) groups excluding carboxylic acids is 1. The summed E-state index contributed by atoms with van der Waals surface area (Å²) in [6.07, 6.45) is 3.50. The molecule has 10 heteroatoms. The fourth-order valence-electron chi connectivity index (χ4n) is 3.32. The van der Waals surface area contributed by atoms with Crippen molar-refractivity contribution in [2.45, 2.75) is 26.1 Å².